The molecule has 6 aliphatic rings. The second kappa shape index (κ2) is 57.7. The Bertz CT molecular complexity index is 2070. The van der Waals surface area contributed by atoms with Crippen molar-refractivity contribution >= 4 is 0 Å². The fourth-order valence-electron chi connectivity index (χ4n) is 14.1. The third-order valence-corrected chi connectivity index (χ3v) is 20.7. The fraction of sp³-hybridized carbons (Fsp3) is 1.00. The smallest absolute Gasteiger partial charge is 0.187 e. The van der Waals surface area contributed by atoms with E-state index in [-0.39, 0.29) is 78.8 Å². The van der Waals surface area contributed by atoms with Gasteiger partial charge in [-0.2, -0.15) is 0 Å². The second-order valence-electron chi connectivity index (χ2n) is 29.5. The maximum absolute atomic E-state index is 10.8. The van der Waals surface area contributed by atoms with Crippen molar-refractivity contribution in [1.82, 2.24) is 0 Å². The standard InChI is InChI=1S/C76H142O33/c1-3-5-7-9-11-13-15-17-19-21-23-25-27-29-31-93-49-52(96-32-30-28-26-24-22-20-18-16-14-12-10-8-6-4-2)50-99-51(47-94-35-33-91-37-39-97-75-69(108-73-65(89)61(85)55(43-79)102-73)67(57(45-81)104-75)106-71-63(87)59(83)53(41-77)100-71)48-95-36-34-92-38-40-98-76-70(109-74-66(90)62(86)56(44-80)103-74)68(58(46-82)105-76)107-72-64(88)60(84)54(42-78)101-72/h51-90H,3-50H2,1-2H3/t51?,52?,53-,54+,55-,56+,57-,58+,59-,60+,61-,62+,63+,64-,65+,66-,67-,68+,69+,70-,71-,72+,73-,74+,75+,76-. The number of unbranched alkanes of at least 4 members (excludes halogenated alkanes) is 26. The summed E-state index contributed by atoms with van der Waals surface area (Å²) < 4.78 is 114. The molecule has 0 aliphatic carbocycles. The van der Waals surface area contributed by atoms with Crippen molar-refractivity contribution < 1.29 is 161 Å². The predicted octanol–water partition coefficient (Wildman–Crippen LogP) is 1.57. The Morgan fingerprint density at radius 2 is 0.477 bits per heavy atom. The monoisotopic (exact) mass is 1580 g/mol. The van der Waals surface area contributed by atoms with E-state index in [1.165, 1.54) is 148 Å². The van der Waals surface area contributed by atoms with Crippen LogP contribution in [0.15, 0.2) is 0 Å². The molecule has 0 saturated carbocycles. The molecule has 14 N–H and O–H groups in total. The molecule has 644 valence electrons. The summed E-state index contributed by atoms with van der Waals surface area (Å²) in [6.07, 6.45) is 0.476. The quantitative estimate of drug-likeness (QED) is 0.0384. The second-order valence-corrected chi connectivity index (χ2v) is 29.5. The number of rotatable bonds is 68. The van der Waals surface area contributed by atoms with Crippen LogP contribution in [0.3, 0.4) is 0 Å². The Kier molecular flexibility index (Phi) is 51.1. The third-order valence-electron chi connectivity index (χ3n) is 20.7. The first-order valence-electron chi connectivity index (χ1n) is 41.2. The molecule has 6 fully saturated rings. The molecule has 33 heteroatoms. The van der Waals surface area contributed by atoms with Gasteiger partial charge in [-0.05, 0) is 12.8 Å². The maximum atomic E-state index is 10.8. The fourth-order valence-corrected chi connectivity index (χ4v) is 14.1. The first kappa shape index (κ1) is 96.5. The Labute approximate surface area is 644 Å². The van der Waals surface area contributed by atoms with Crippen molar-refractivity contribution in [3.05, 3.63) is 0 Å². The van der Waals surface area contributed by atoms with Gasteiger partial charge in [-0.25, -0.2) is 0 Å². The summed E-state index contributed by atoms with van der Waals surface area (Å²) in [5.41, 5.74) is 0. The summed E-state index contributed by atoms with van der Waals surface area (Å²) in [4.78, 5) is 0. The van der Waals surface area contributed by atoms with Crippen LogP contribution in [-0.2, 0) is 90.0 Å². The first-order chi connectivity index (χ1) is 53.2. The highest BCUT2D eigenvalue weighted by Crippen LogP contribution is 2.38. The Morgan fingerprint density at radius 1 is 0.229 bits per heavy atom. The van der Waals surface area contributed by atoms with Crippen molar-refractivity contribution in [3.63, 3.8) is 0 Å². The molecule has 0 spiro atoms. The minimum atomic E-state index is -1.63. The van der Waals surface area contributed by atoms with Gasteiger partial charge in [0.2, 0.25) is 0 Å². The zero-order valence-corrected chi connectivity index (χ0v) is 65.0. The molecular weight excluding hydrogens is 1440 g/mol. The minimum Gasteiger partial charge on any atom is -0.394 e. The van der Waals surface area contributed by atoms with E-state index in [4.69, 9.17) is 90.0 Å². The lowest BCUT2D eigenvalue weighted by Gasteiger charge is -2.30. The van der Waals surface area contributed by atoms with Crippen molar-refractivity contribution in [1.29, 1.82) is 0 Å². The van der Waals surface area contributed by atoms with Crippen molar-refractivity contribution in [2.24, 2.45) is 0 Å². The Morgan fingerprint density at radius 3 is 0.780 bits per heavy atom. The average molecular weight is 1580 g/mol. The van der Waals surface area contributed by atoms with Gasteiger partial charge < -0.3 is 161 Å². The van der Waals surface area contributed by atoms with E-state index in [0.29, 0.717) is 19.8 Å². The molecule has 33 nitrogen and oxygen atoms in total. The Balaban J connectivity index is 1.01. The third kappa shape index (κ3) is 34.3. The summed E-state index contributed by atoms with van der Waals surface area (Å²) in [5, 5.41) is 144. The molecule has 0 radical (unpaired) electrons. The van der Waals surface area contributed by atoms with E-state index in [2.05, 4.69) is 13.8 Å². The SMILES string of the molecule is CCCCCCCCCCCCCCCCOCC(COC(COCCOCCO[C@H]1O[C@H](CO)[C@@H](O[C@H]2O[C@H](CO)[C@@H](O)[C@@H]2O)[C@@H]1O[C@H]1O[C@H](CO)[C@@H](O)[C@@H]1O)COCCOCCO[C@@H]1O[C@@H](CO)[C@H](O[C@@H]2O[C@@H](CO)[C@H](O)[C@H]2O)[C@H]1O[C@@H]1O[C@@H](CO)[C@H](O)[C@H]1O)OCCCCCCCCCCCCCCCC. The van der Waals surface area contributed by atoms with Gasteiger partial charge in [-0.15, -0.1) is 0 Å². The number of aliphatic hydroxyl groups excluding tert-OH is 14. The predicted molar refractivity (Wildman–Crippen MR) is 388 cm³/mol. The van der Waals surface area contributed by atoms with E-state index < -0.39 is 193 Å². The van der Waals surface area contributed by atoms with E-state index in [0.717, 1.165) is 32.1 Å². The molecule has 0 amide bonds. The number of ether oxygens (including phenoxy) is 19. The van der Waals surface area contributed by atoms with E-state index >= 15 is 0 Å². The lowest BCUT2D eigenvalue weighted by Crippen LogP contribution is -2.47. The number of hydrogen-bond donors (Lipinski definition) is 14. The molecule has 0 bridgehead atoms. The zero-order valence-electron chi connectivity index (χ0n) is 65.0. The van der Waals surface area contributed by atoms with Gasteiger partial charge in [0, 0.05) is 13.2 Å². The summed E-state index contributed by atoms with van der Waals surface area (Å²) in [7, 11) is 0. The highest BCUT2D eigenvalue weighted by Gasteiger charge is 2.57. The average Bonchev–Trinajstić information content (AvgIpc) is 1.64. The van der Waals surface area contributed by atoms with Crippen molar-refractivity contribution in [2.45, 2.75) is 353 Å². The molecule has 6 aliphatic heterocycles. The van der Waals surface area contributed by atoms with E-state index in [9.17, 15) is 71.5 Å². The van der Waals surface area contributed by atoms with Gasteiger partial charge in [0.25, 0.3) is 0 Å². The molecule has 26 atom stereocenters. The highest BCUT2D eigenvalue weighted by atomic mass is 16.8. The molecule has 109 heavy (non-hydrogen) atoms. The van der Waals surface area contributed by atoms with Crippen LogP contribution in [-0.4, -0.2) is 363 Å². The van der Waals surface area contributed by atoms with Crippen LogP contribution in [0.1, 0.15) is 194 Å². The van der Waals surface area contributed by atoms with E-state index in [1.807, 2.05) is 0 Å². The molecule has 0 aromatic rings. The van der Waals surface area contributed by atoms with Crippen molar-refractivity contribution in [3.8, 4) is 0 Å². The van der Waals surface area contributed by atoms with Crippen LogP contribution < -0.4 is 0 Å². The normalized spacial score (nSPS) is 33.2. The largest absolute Gasteiger partial charge is 0.394 e. The minimum absolute atomic E-state index is 0.00464. The maximum Gasteiger partial charge on any atom is 0.187 e. The molecular formula is C76H142O33. The lowest BCUT2D eigenvalue weighted by molar-refractivity contribution is -0.265. The molecule has 6 heterocycles. The van der Waals surface area contributed by atoms with Crippen LogP contribution in [0.5, 0.6) is 0 Å². The number of aliphatic hydroxyl groups is 14. The molecule has 6 rings (SSSR count). The zero-order chi connectivity index (χ0) is 78.4. The summed E-state index contributed by atoms with van der Waals surface area (Å²) in [5.74, 6) is 0. The molecule has 0 aromatic carbocycles. The van der Waals surface area contributed by atoms with Crippen LogP contribution in [0.25, 0.3) is 0 Å². The van der Waals surface area contributed by atoms with Gasteiger partial charge in [0.05, 0.1) is 119 Å². The van der Waals surface area contributed by atoms with Gasteiger partial charge in [0.15, 0.2) is 37.7 Å². The Hall–Kier alpha value is -1.32. The molecule has 2 unspecified atom stereocenters. The topological polar surface area (TPSA) is 459 Å². The van der Waals surface area contributed by atoms with Gasteiger partial charge >= 0.3 is 0 Å². The summed E-state index contributed by atoms with van der Waals surface area (Å²) in [6, 6.07) is 0. The summed E-state index contributed by atoms with van der Waals surface area (Å²) in [6.45, 7) is 2.68. The van der Waals surface area contributed by atoms with Crippen LogP contribution in [0, 0.1) is 0 Å². The van der Waals surface area contributed by atoms with Crippen LogP contribution in [0.2, 0.25) is 0 Å². The van der Waals surface area contributed by atoms with Crippen molar-refractivity contribution in [2.75, 3.05) is 132 Å². The highest BCUT2D eigenvalue weighted by molar-refractivity contribution is 4.97. The lowest BCUT2D eigenvalue weighted by atomic mass is 10.0. The molecule has 6 saturated heterocycles. The summed E-state index contributed by atoms with van der Waals surface area (Å²) >= 11 is 0. The van der Waals surface area contributed by atoms with Gasteiger partial charge in [-0.1, -0.05) is 181 Å². The number of hydrogen-bond acceptors (Lipinski definition) is 33. The molecule has 0 aromatic heterocycles. The first-order valence-corrected chi connectivity index (χ1v) is 41.2. The van der Waals surface area contributed by atoms with Crippen LogP contribution in [0.4, 0.5) is 0 Å². The van der Waals surface area contributed by atoms with Gasteiger partial charge in [-0.3, -0.25) is 0 Å². The van der Waals surface area contributed by atoms with E-state index in [1.54, 1.807) is 0 Å². The van der Waals surface area contributed by atoms with Crippen LogP contribution >= 0.6 is 0 Å². The van der Waals surface area contributed by atoms with Gasteiger partial charge in [0.1, 0.15) is 122 Å².